The van der Waals surface area contributed by atoms with Crippen molar-refractivity contribution in [2.45, 2.75) is 39.5 Å². The molecule has 0 aliphatic carbocycles. The van der Waals surface area contributed by atoms with Crippen LogP contribution < -0.4 is 10.5 Å². The van der Waals surface area contributed by atoms with Crippen LogP contribution in [0, 0.1) is 5.82 Å². The Morgan fingerprint density at radius 3 is 2.00 bits per heavy atom. The number of carbonyl (C=O) groups is 1. The number of nitrogens with two attached hydrogens (primary N) is 1. The minimum absolute atomic E-state index is 0.0114. The maximum Gasteiger partial charge on any atom is 0.354 e. The SMILES string of the molecule is CC(C)c1cc(F)cc(C(C)C)c1NC(=O)N=S(C)(N)=O. The summed E-state index contributed by atoms with van der Waals surface area (Å²) in [6.45, 7) is 7.60. The van der Waals surface area contributed by atoms with Crippen LogP contribution in [-0.2, 0) is 9.92 Å². The summed E-state index contributed by atoms with van der Waals surface area (Å²) in [7, 11) is -3.03. The van der Waals surface area contributed by atoms with Gasteiger partial charge in [-0.3, -0.25) is 0 Å². The first kappa shape index (κ1) is 17.6. The molecule has 7 heteroatoms. The van der Waals surface area contributed by atoms with E-state index in [-0.39, 0.29) is 17.7 Å². The van der Waals surface area contributed by atoms with Gasteiger partial charge in [-0.05, 0) is 35.1 Å². The lowest BCUT2D eigenvalue weighted by molar-refractivity contribution is 0.260. The fraction of sp³-hybridized carbons (Fsp3) is 0.500. The molecule has 1 aromatic carbocycles. The third-order valence-corrected chi connectivity index (χ3v) is 3.43. The van der Waals surface area contributed by atoms with Gasteiger partial charge in [0.15, 0.2) is 0 Å². The highest BCUT2D eigenvalue weighted by Gasteiger charge is 2.18. The summed E-state index contributed by atoms with van der Waals surface area (Å²) < 4.78 is 28.5. The van der Waals surface area contributed by atoms with Gasteiger partial charge in [-0.1, -0.05) is 27.7 Å². The Hall–Kier alpha value is -1.47. The first-order valence-electron chi connectivity index (χ1n) is 6.65. The Balaban J connectivity index is 3.39. The van der Waals surface area contributed by atoms with Gasteiger partial charge < -0.3 is 5.32 Å². The highest BCUT2D eigenvalue weighted by atomic mass is 32.2. The number of rotatable bonds is 3. The molecule has 3 N–H and O–H groups in total. The minimum Gasteiger partial charge on any atom is -0.305 e. The molecular weight excluding hydrogens is 293 g/mol. The smallest absolute Gasteiger partial charge is 0.305 e. The topological polar surface area (TPSA) is 84.6 Å². The first-order valence-corrected chi connectivity index (χ1v) is 8.64. The maximum atomic E-state index is 13.7. The third kappa shape index (κ3) is 5.09. The van der Waals surface area contributed by atoms with Crippen LogP contribution in [0.4, 0.5) is 14.9 Å². The summed E-state index contributed by atoms with van der Waals surface area (Å²) in [5.74, 6) is -0.329. The van der Waals surface area contributed by atoms with Crippen molar-refractivity contribution in [3.8, 4) is 0 Å². The lowest BCUT2D eigenvalue weighted by atomic mass is 9.92. The van der Waals surface area contributed by atoms with Crippen molar-refractivity contribution in [1.82, 2.24) is 0 Å². The minimum atomic E-state index is -3.03. The second kappa shape index (κ2) is 6.53. The van der Waals surface area contributed by atoms with Crippen LogP contribution in [0.15, 0.2) is 16.5 Å². The average Bonchev–Trinajstić information content (AvgIpc) is 2.27. The number of amides is 2. The van der Waals surface area contributed by atoms with Crippen molar-refractivity contribution >= 4 is 21.6 Å². The highest BCUT2D eigenvalue weighted by Crippen LogP contribution is 2.33. The predicted molar refractivity (Wildman–Crippen MR) is 84.3 cm³/mol. The highest BCUT2D eigenvalue weighted by molar-refractivity contribution is 7.91. The first-order chi connectivity index (χ1) is 9.51. The molecule has 0 spiro atoms. The quantitative estimate of drug-likeness (QED) is 0.893. The van der Waals surface area contributed by atoms with Crippen molar-refractivity contribution in [2.24, 2.45) is 9.50 Å². The number of hydrogen-bond acceptors (Lipinski definition) is 2. The maximum absolute atomic E-state index is 13.7. The molecule has 118 valence electrons. The van der Waals surface area contributed by atoms with Gasteiger partial charge >= 0.3 is 6.03 Å². The van der Waals surface area contributed by atoms with Crippen molar-refractivity contribution < 1.29 is 13.4 Å². The molecule has 0 saturated heterocycles. The molecule has 0 heterocycles. The number of anilines is 1. The lowest BCUT2D eigenvalue weighted by Crippen LogP contribution is -2.17. The molecule has 0 aliphatic heterocycles. The van der Waals surface area contributed by atoms with E-state index in [0.29, 0.717) is 16.8 Å². The molecule has 0 radical (unpaired) electrons. The Labute approximate surface area is 125 Å². The number of nitrogens with one attached hydrogen (secondary N) is 1. The molecule has 0 bridgehead atoms. The molecule has 1 aromatic rings. The number of nitrogens with zero attached hydrogens (tertiary/aromatic N) is 1. The zero-order chi connectivity index (χ0) is 16.4. The number of urea groups is 1. The standard InChI is InChI=1S/C14H22FN3O2S/c1-8(2)11-6-10(15)7-12(9(3)4)13(11)17-14(19)18-21(5,16)20/h6-9H,1-5H3,(H3,16,17,18,19,20). The fourth-order valence-electron chi connectivity index (χ4n) is 2.00. The van der Waals surface area contributed by atoms with E-state index in [2.05, 4.69) is 9.68 Å². The summed E-state index contributed by atoms with van der Waals surface area (Å²) in [5, 5.41) is 7.84. The summed E-state index contributed by atoms with van der Waals surface area (Å²) in [4.78, 5) is 11.8. The zero-order valence-electron chi connectivity index (χ0n) is 12.9. The molecule has 0 fully saturated rings. The van der Waals surface area contributed by atoms with E-state index in [4.69, 9.17) is 5.14 Å². The molecule has 21 heavy (non-hydrogen) atoms. The van der Waals surface area contributed by atoms with Gasteiger partial charge in [0, 0.05) is 11.9 Å². The van der Waals surface area contributed by atoms with Crippen molar-refractivity contribution in [3.05, 3.63) is 29.1 Å². The Kier molecular flexibility index (Phi) is 5.47. The average molecular weight is 315 g/mol. The largest absolute Gasteiger partial charge is 0.354 e. The van der Waals surface area contributed by atoms with Crippen LogP contribution in [0.2, 0.25) is 0 Å². The third-order valence-electron chi connectivity index (χ3n) is 2.90. The lowest BCUT2D eigenvalue weighted by Gasteiger charge is -2.19. The van der Waals surface area contributed by atoms with E-state index in [1.807, 2.05) is 27.7 Å². The van der Waals surface area contributed by atoms with Gasteiger partial charge in [-0.25, -0.2) is 18.5 Å². The van der Waals surface area contributed by atoms with Crippen LogP contribution in [0.5, 0.6) is 0 Å². The summed E-state index contributed by atoms with van der Waals surface area (Å²) >= 11 is 0. The molecule has 1 unspecified atom stereocenters. The van der Waals surface area contributed by atoms with Gasteiger partial charge in [-0.2, -0.15) is 0 Å². The van der Waals surface area contributed by atoms with Crippen LogP contribution in [0.25, 0.3) is 0 Å². The zero-order valence-corrected chi connectivity index (χ0v) is 13.8. The second-order valence-corrected chi connectivity index (χ2v) is 7.56. The Morgan fingerprint density at radius 1 is 1.24 bits per heavy atom. The molecule has 0 aliphatic rings. The molecule has 5 nitrogen and oxygen atoms in total. The van der Waals surface area contributed by atoms with Crippen molar-refractivity contribution in [1.29, 1.82) is 0 Å². The van der Waals surface area contributed by atoms with Gasteiger partial charge in [0.1, 0.15) is 15.7 Å². The predicted octanol–water partition coefficient (Wildman–Crippen LogP) is 3.58. The summed E-state index contributed by atoms with van der Waals surface area (Å²) in [6, 6.07) is 1.98. The molecule has 0 aromatic heterocycles. The van der Waals surface area contributed by atoms with Crippen LogP contribution in [0.3, 0.4) is 0 Å². The second-order valence-electron chi connectivity index (χ2n) is 5.65. The molecule has 2 amide bonds. The van der Waals surface area contributed by atoms with E-state index in [0.717, 1.165) is 0 Å². The van der Waals surface area contributed by atoms with Crippen LogP contribution in [0.1, 0.15) is 50.7 Å². The normalized spacial score (nSPS) is 14.1. The van der Waals surface area contributed by atoms with Crippen LogP contribution in [-0.4, -0.2) is 16.5 Å². The molecule has 1 atom stereocenters. The Morgan fingerprint density at radius 2 is 1.67 bits per heavy atom. The van der Waals surface area contributed by atoms with Crippen molar-refractivity contribution in [3.63, 3.8) is 0 Å². The van der Waals surface area contributed by atoms with Crippen LogP contribution >= 0.6 is 0 Å². The molecule has 0 saturated carbocycles. The summed E-state index contributed by atoms with van der Waals surface area (Å²) in [6.07, 6.45) is 1.17. The van der Waals surface area contributed by atoms with E-state index < -0.39 is 15.9 Å². The van der Waals surface area contributed by atoms with E-state index in [9.17, 15) is 13.4 Å². The van der Waals surface area contributed by atoms with E-state index in [1.54, 1.807) is 0 Å². The number of carbonyl (C=O) groups excluding carboxylic acids is 1. The fourth-order valence-corrected chi connectivity index (χ4v) is 2.37. The molecule has 1 rings (SSSR count). The summed E-state index contributed by atoms with van der Waals surface area (Å²) in [5.41, 5.74) is 1.85. The van der Waals surface area contributed by atoms with Gasteiger partial charge in [0.25, 0.3) is 0 Å². The monoisotopic (exact) mass is 315 g/mol. The van der Waals surface area contributed by atoms with Gasteiger partial charge in [-0.15, -0.1) is 4.36 Å². The van der Waals surface area contributed by atoms with Gasteiger partial charge in [0.2, 0.25) is 0 Å². The van der Waals surface area contributed by atoms with Gasteiger partial charge in [0.05, 0.1) is 0 Å². The Bertz CT molecular complexity index is 625. The van der Waals surface area contributed by atoms with E-state index >= 15 is 0 Å². The van der Waals surface area contributed by atoms with Crippen molar-refractivity contribution in [2.75, 3.05) is 11.6 Å². The number of hydrogen-bond donors (Lipinski definition) is 2. The number of benzene rings is 1. The van der Waals surface area contributed by atoms with E-state index in [1.165, 1.54) is 18.4 Å². The number of halogens is 1. The molecular formula is C14H22FN3O2S.